The number of hydrogen-bond acceptors (Lipinski definition) is 6. The Morgan fingerprint density at radius 3 is 0.909 bits per heavy atom. The van der Waals surface area contributed by atoms with Crippen LogP contribution in [0, 0.1) is 5.41 Å². The quantitative estimate of drug-likeness (QED) is 0.0463. The first-order chi connectivity index (χ1) is 26.6. The zero-order chi connectivity index (χ0) is 40.8. The van der Waals surface area contributed by atoms with Gasteiger partial charge in [-0.1, -0.05) is 200 Å². The van der Waals surface area contributed by atoms with Crippen LogP contribution in [0.1, 0.15) is 259 Å². The lowest BCUT2D eigenvalue weighted by Crippen LogP contribution is -2.52. The number of carboxylic acids is 2. The summed E-state index contributed by atoms with van der Waals surface area (Å²) in [5.41, 5.74) is -1.67. The number of aliphatic carboxylic acids is 2. The van der Waals surface area contributed by atoms with Crippen molar-refractivity contribution in [2.75, 3.05) is 0 Å². The summed E-state index contributed by atoms with van der Waals surface area (Å²) >= 11 is 0. The summed E-state index contributed by atoms with van der Waals surface area (Å²) < 4.78 is 11.5. The van der Waals surface area contributed by atoms with E-state index in [1.54, 1.807) is 13.8 Å². The molecule has 0 spiro atoms. The van der Waals surface area contributed by atoms with Crippen molar-refractivity contribution in [2.45, 2.75) is 271 Å². The van der Waals surface area contributed by atoms with E-state index in [0.29, 0.717) is 19.3 Å². The van der Waals surface area contributed by atoms with Crippen molar-refractivity contribution in [1.82, 2.24) is 0 Å². The van der Waals surface area contributed by atoms with Gasteiger partial charge in [0.1, 0.15) is 17.6 Å². The second-order valence-corrected chi connectivity index (χ2v) is 16.6. The number of carbonyl (C=O) groups excluding carboxylic acids is 2. The number of carboxylic acid groups (broad SMARTS) is 2. The molecule has 0 bridgehead atoms. The lowest BCUT2D eigenvalue weighted by atomic mass is 9.73. The van der Waals surface area contributed by atoms with Crippen molar-refractivity contribution < 1.29 is 38.9 Å². The van der Waals surface area contributed by atoms with E-state index in [-0.39, 0.29) is 32.1 Å². The Bertz CT molecular complexity index is 880. The molecule has 0 aromatic heterocycles. The fourth-order valence-electron chi connectivity index (χ4n) is 7.89. The number of unbranched alkanes of at least 4 members (excludes halogenated alkanes) is 29. The highest BCUT2D eigenvalue weighted by atomic mass is 16.6. The summed E-state index contributed by atoms with van der Waals surface area (Å²) in [6.45, 7) is 7.64. The molecule has 0 aromatic rings. The minimum absolute atomic E-state index is 0.0381. The van der Waals surface area contributed by atoms with E-state index in [0.717, 1.165) is 38.5 Å². The van der Waals surface area contributed by atoms with Crippen LogP contribution in [0.15, 0.2) is 0 Å². The van der Waals surface area contributed by atoms with Crippen LogP contribution in [0.25, 0.3) is 0 Å². The second kappa shape index (κ2) is 37.5. The molecule has 0 aliphatic heterocycles. The molecule has 0 rings (SSSR count). The Hall–Kier alpha value is -2.12. The minimum atomic E-state index is -1.67. The molecule has 2 N–H and O–H groups in total. The largest absolute Gasteiger partial charge is 0.481 e. The molecule has 0 amide bonds. The Kier molecular flexibility index (Phi) is 36.0. The van der Waals surface area contributed by atoms with Gasteiger partial charge in [-0.3, -0.25) is 19.2 Å². The van der Waals surface area contributed by atoms with E-state index < -0.39 is 41.5 Å². The molecular formula is C47H88O8. The zero-order valence-electron chi connectivity index (χ0n) is 36.5. The molecule has 324 valence electrons. The molecule has 0 aliphatic rings. The highest BCUT2D eigenvalue weighted by Gasteiger charge is 2.52. The summed E-state index contributed by atoms with van der Waals surface area (Å²) in [4.78, 5) is 49.8. The van der Waals surface area contributed by atoms with Crippen molar-refractivity contribution in [3.63, 3.8) is 0 Å². The van der Waals surface area contributed by atoms with Crippen LogP contribution in [0.5, 0.6) is 0 Å². The van der Waals surface area contributed by atoms with E-state index in [4.69, 9.17) is 14.6 Å². The van der Waals surface area contributed by atoms with Crippen LogP contribution in [-0.4, -0.2) is 46.3 Å². The Morgan fingerprint density at radius 2 is 0.655 bits per heavy atom. The predicted molar refractivity (Wildman–Crippen MR) is 226 cm³/mol. The third-order valence-corrected chi connectivity index (χ3v) is 11.7. The van der Waals surface area contributed by atoms with E-state index in [1.165, 1.54) is 141 Å². The molecule has 0 heterocycles. The predicted octanol–water partition coefficient (Wildman–Crippen LogP) is 14.1. The first kappa shape index (κ1) is 52.9. The van der Waals surface area contributed by atoms with Gasteiger partial charge < -0.3 is 19.7 Å². The SMILES string of the molecule is CCCCCCCCCCCCCCCCCC(=O)OC(C)C(CCCCC(=O)O)(C(=O)O)C(C)OC(=O)CCCCCCCCCCCCCCCCC. The third kappa shape index (κ3) is 29.7. The zero-order valence-corrected chi connectivity index (χ0v) is 36.5. The van der Waals surface area contributed by atoms with Gasteiger partial charge in [0.05, 0.1) is 0 Å². The summed E-state index contributed by atoms with van der Waals surface area (Å²) in [5, 5.41) is 19.6. The number of carbonyl (C=O) groups is 4. The molecule has 2 atom stereocenters. The number of rotatable bonds is 42. The smallest absolute Gasteiger partial charge is 0.317 e. The monoisotopic (exact) mass is 781 g/mol. The van der Waals surface area contributed by atoms with E-state index in [2.05, 4.69) is 13.8 Å². The van der Waals surface area contributed by atoms with Crippen molar-refractivity contribution in [2.24, 2.45) is 5.41 Å². The Balaban J connectivity index is 4.56. The van der Waals surface area contributed by atoms with Gasteiger partial charge in [0.25, 0.3) is 0 Å². The standard InChI is InChI=1S/C47H88O8/c1-5-7-9-11-13-15-17-19-21-23-25-27-29-31-33-38-44(50)54-41(3)47(46(52)53,40-36-35-37-43(48)49)42(4)55-45(51)39-34-32-30-28-26-24-22-20-18-16-14-12-10-8-6-2/h41-42H,5-40H2,1-4H3,(H,48,49)(H,52,53). The van der Waals surface area contributed by atoms with Gasteiger partial charge in [0, 0.05) is 19.3 Å². The molecule has 0 fully saturated rings. The molecule has 0 aliphatic carbocycles. The van der Waals surface area contributed by atoms with Gasteiger partial charge in [0.2, 0.25) is 0 Å². The van der Waals surface area contributed by atoms with Gasteiger partial charge in [-0.05, 0) is 39.5 Å². The maximum Gasteiger partial charge on any atom is 0.317 e. The average molecular weight is 781 g/mol. The Labute approximate surface area is 338 Å². The summed E-state index contributed by atoms with van der Waals surface area (Å²) in [6.07, 6.45) is 35.7. The van der Waals surface area contributed by atoms with Crippen LogP contribution < -0.4 is 0 Å². The molecule has 55 heavy (non-hydrogen) atoms. The maximum atomic E-state index is 12.9. The van der Waals surface area contributed by atoms with Crippen LogP contribution in [0.3, 0.4) is 0 Å². The minimum Gasteiger partial charge on any atom is -0.481 e. The topological polar surface area (TPSA) is 127 Å². The molecular weight excluding hydrogens is 693 g/mol. The van der Waals surface area contributed by atoms with Crippen LogP contribution in [0.4, 0.5) is 0 Å². The van der Waals surface area contributed by atoms with Crippen LogP contribution in [0.2, 0.25) is 0 Å². The molecule has 0 saturated heterocycles. The maximum absolute atomic E-state index is 12.9. The van der Waals surface area contributed by atoms with Crippen LogP contribution in [-0.2, 0) is 28.7 Å². The first-order valence-corrected chi connectivity index (χ1v) is 23.5. The van der Waals surface area contributed by atoms with Gasteiger partial charge >= 0.3 is 23.9 Å². The molecule has 2 unspecified atom stereocenters. The number of esters is 2. The summed E-state index contributed by atoms with van der Waals surface area (Å²) in [6, 6.07) is 0. The van der Waals surface area contributed by atoms with Crippen molar-refractivity contribution in [1.29, 1.82) is 0 Å². The average Bonchev–Trinajstić information content (AvgIpc) is 3.14. The number of hydrogen-bond donors (Lipinski definition) is 2. The summed E-state index contributed by atoms with van der Waals surface area (Å²) in [5.74, 6) is -3.06. The lowest BCUT2D eigenvalue weighted by Gasteiger charge is -2.39. The van der Waals surface area contributed by atoms with E-state index >= 15 is 0 Å². The molecule has 0 aromatic carbocycles. The molecule has 8 nitrogen and oxygen atoms in total. The lowest BCUT2D eigenvalue weighted by molar-refractivity contribution is -0.187. The van der Waals surface area contributed by atoms with Crippen molar-refractivity contribution in [3.05, 3.63) is 0 Å². The van der Waals surface area contributed by atoms with Crippen LogP contribution >= 0.6 is 0 Å². The third-order valence-electron chi connectivity index (χ3n) is 11.7. The van der Waals surface area contributed by atoms with E-state index in [1.807, 2.05) is 0 Å². The fraction of sp³-hybridized carbons (Fsp3) is 0.915. The molecule has 0 radical (unpaired) electrons. The van der Waals surface area contributed by atoms with Gasteiger partial charge in [-0.25, -0.2) is 0 Å². The fourth-order valence-corrected chi connectivity index (χ4v) is 7.89. The van der Waals surface area contributed by atoms with Crippen molar-refractivity contribution in [3.8, 4) is 0 Å². The van der Waals surface area contributed by atoms with Gasteiger partial charge in [-0.2, -0.15) is 0 Å². The normalized spacial score (nSPS) is 13.6. The Morgan fingerprint density at radius 1 is 0.400 bits per heavy atom. The number of ether oxygens (including phenoxy) is 2. The molecule has 0 saturated carbocycles. The summed E-state index contributed by atoms with van der Waals surface area (Å²) in [7, 11) is 0. The highest BCUT2D eigenvalue weighted by molar-refractivity contribution is 5.78. The van der Waals surface area contributed by atoms with Crippen molar-refractivity contribution >= 4 is 23.9 Å². The first-order valence-electron chi connectivity index (χ1n) is 23.5. The van der Waals surface area contributed by atoms with E-state index in [9.17, 15) is 24.3 Å². The van der Waals surface area contributed by atoms with Gasteiger partial charge in [0.15, 0.2) is 0 Å². The van der Waals surface area contributed by atoms with Gasteiger partial charge in [-0.15, -0.1) is 0 Å². The highest BCUT2D eigenvalue weighted by Crippen LogP contribution is 2.38. The molecule has 8 heteroatoms. The second-order valence-electron chi connectivity index (χ2n) is 16.6.